The standard InChI is InChI=1S/C23H24N2O3/c1-16-8-9-19(14-17(16)2)20-21(24-10-12-28-13-11-24)23(27)25(22(20)26)15-18-6-4-3-5-7-18/h3-9,14H,10-13,15H2,1-2H3. The number of imide groups is 1. The monoisotopic (exact) mass is 376 g/mol. The number of morpholine rings is 1. The molecular formula is C23H24N2O3. The summed E-state index contributed by atoms with van der Waals surface area (Å²) < 4.78 is 5.45. The van der Waals surface area contributed by atoms with Gasteiger partial charge in [0.1, 0.15) is 5.70 Å². The van der Waals surface area contributed by atoms with Gasteiger partial charge in [-0.25, -0.2) is 0 Å². The summed E-state index contributed by atoms with van der Waals surface area (Å²) in [5, 5.41) is 0. The second-order valence-corrected chi connectivity index (χ2v) is 7.30. The Morgan fingerprint density at radius 3 is 2.29 bits per heavy atom. The minimum atomic E-state index is -0.224. The fraction of sp³-hybridized carbons (Fsp3) is 0.304. The lowest BCUT2D eigenvalue weighted by molar-refractivity contribution is -0.138. The molecule has 144 valence electrons. The van der Waals surface area contributed by atoms with Crippen molar-refractivity contribution in [1.82, 2.24) is 9.80 Å². The van der Waals surface area contributed by atoms with Crippen LogP contribution in [0.3, 0.4) is 0 Å². The molecule has 0 spiro atoms. The molecule has 2 aliphatic heterocycles. The summed E-state index contributed by atoms with van der Waals surface area (Å²) in [4.78, 5) is 30.0. The summed E-state index contributed by atoms with van der Waals surface area (Å²) in [5.74, 6) is -0.442. The molecule has 2 amide bonds. The van der Waals surface area contributed by atoms with E-state index in [1.807, 2.05) is 67.3 Å². The Kier molecular flexibility index (Phi) is 5.01. The highest BCUT2D eigenvalue weighted by atomic mass is 16.5. The maximum Gasteiger partial charge on any atom is 0.278 e. The maximum atomic E-state index is 13.4. The molecule has 2 heterocycles. The Morgan fingerprint density at radius 1 is 0.893 bits per heavy atom. The Bertz CT molecular complexity index is 944. The van der Waals surface area contributed by atoms with Crippen molar-refractivity contribution in [1.29, 1.82) is 0 Å². The third-order valence-electron chi connectivity index (χ3n) is 5.45. The smallest absolute Gasteiger partial charge is 0.278 e. The SMILES string of the molecule is Cc1ccc(C2=C(N3CCOCC3)C(=O)N(Cc3ccccc3)C2=O)cc1C. The zero-order chi connectivity index (χ0) is 19.7. The number of amides is 2. The predicted molar refractivity (Wildman–Crippen MR) is 107 cm³/mol. The first-order valence-corrected chi connectivity index (χ1v) is 9.61. The van der Waals surface area contributed by atoms with Crippen LogP contribution in [0.5, 0.6) is 0 Å². The highest BCUT2D eigenvalue weighted by Crippen LogP contribution is 2.33. The number of ether oxygens (including phenoxy) is 1. The molecule has 0 radical (unpaired) electrons. The molecule has 0 aromatic heterocycles. The molecule has 2 aliphatic rings. The lowest BCUT2D eigenvalue weighted by Gasteiger charge is -2.29. The van der Waals surface area contributed by atoms with E-state index in [1.54, 1.807) is 0 Å². The van der Waals surface area contributed by atoms with Crippen molar-refractivity contribution in [2.45, 2.75) is 20.4 Å². The van der Waals surface area contributed by atoms with Gasteiger partial charge in [0.15, 0.2) is 0 Å². The van der Waals surface area contributed by atoms with Crippen LogP contribution < -0.4 is 0 Å². The van der Waals surface area contributed by atoms with E-state index in [-0.39, 0.29) is 18.4 Å². The van der Waals surface area contributed by atoms with Crippen LogP contribution >= 0.6 is 0 Å². The summed E-state index contributed by atoms with van der Waals surface area (Å²) in [6, 6.07) is 15.6. The van der Waals surface area contributed by atoms with E-state index in [4.69, 9.17) is 4.74 Å². The molecular weight excluding hydrogens is 352 g/mol. The van der Waals surface area contributed by atoms with Gasteiger partial charge in [0.25, 0.3) is 11.8 Å². The number of nitrogens with zero attached hydrogens (tertiary/aromatic N) is 2. The molecule has 0 unspecified atom stereocenters. The van der Waals surface area contributed by atoms with Crippen LogP contribution in [0.1, 0.15) is 22.3 Å². The Labute approximate surface area is 165 Å². The molecule has 0 N–H and O–H groups in total. The average Bonchev–Trinajstić information content (AvgIpc) is 2.96. The van der Waals surface area contributed by atoms with Gasteiger partial charge in [-0.3, -0.25) is 14.5 Å². The lowest BCUT2D eigenvalue weighted by atomic mass is 9.99. The average molecular weight is 376 g/mol. The van der Waals surface area contributed by atoms with Crippen molar-refractivity contribution in [3.05, 3.63) is 76.5 Å². The van der Waals surface area contributed by atoms with Gasteiger partial charge in [0, 0.05) is 13.1 Å². The lowest BCUT2D eigenvalue weighted by Crippen LogP contribution is -2.40. The number of aryl methyl sites for hydroxylation is 2. The first kappa shape index (κ1) is 18.4. The third kappa shape index (κ3) is 3.34. The van der Waals surface area contributed by atoms with E-state index in [0.717, 1.165) is 22.3 Å². The van der Waals surface area contributed by atoms with E-state index in [9.17, 15) is 9.59 Å². The van der Waals surface area contributed by atoms with Gasteiger partial charge in [-0.15, -0.1) is 0 Å². The first-order chi connectivity index (χ1) is 13.6. The molecule has 1 fully saturated rings. The topological polar surface area (TPSA) is 49.9 Å². The number of benzene rings is 2. The van der Waals surface area contributed by atoms with Gasteiger partial charge in [0.05, 0.1) is 25.3 Å². The number of hydrogen-bond donors (Lipinski definition) is 0. The number of carbonyl (C=O) groups excluding carboxylic acids is 2. The summed E-state index contributed by atoms with van der Waals surface area (Å²) in [6.07, 6.45) is 0. The van der Waals surface area contributed by atoms with Crippen molar-refractivity contribution in [3.63, 3.8) is 0 Å². The van der Waals surface area contributed by atoms with Crippen molar-refractivity contribution >= 4 is 17.4 Å². The van der Waals surface area contributed by atoms with E-state index >= 15 is 0 Å². The molecule has 2 aromatic rings. The minimum Gasteiger partial charge on any atom is -0.378 e. The molecule has 28 heavy (non-hydrogen) atoms. The van der Waals surface area contributed by atoms with E-state index in [2.05, 4.69) is 0 Å². The van der Waals surface area contributed by atoms with Gasteiger partial charge in [0.2, 0.25) is 0 Å². The fourth-order valence-corrected chi connectivity index (χ4v) is 3.71. The molecule has 1 saturated heterocycles. The van der Waals surface area contributed by atoms with Gasteiger partial charge in [-0.05, 0) is 36.1 Å². The largest absolute Gasteiger partial charge is 0.378 e. The summed E-state index contributed by atoms with van der Waals surface area (Å²) in [6.45, 7) is 6.69. The molecule has 5 heteroatoms. The number of rotatable bonds is 4. The zero-order valence-electron chi connectivity index (χ0n) is 16.3. The minimum absolute atomic E-state index is 0.219. The molecule has 0 saturated carbocycles. The van der Waals surface area contributed by atoms with Crippen LogP contribution in [0.25, 0.3) is 5.57 Å². The molecule has 5 nitrogen and oxygen atoms in total. The van der Waals surface area contributed by atoms with Gasteiger partial charge >= 0.3 is 0 Å². The molecule has 0 bridgehead atoms. The van der Waals surface area contributed by atoms with Gasteiger partial charge in [-0.1, -0.05) is 48.5 Å². The summed E-state index contributed by atoms with van der Waals surface area (Å²) in [7, 11) is 0. The van der Waals surface area contributed by atoms with Crippen molar-refractivity contribution in [2.24, 2.45) is 0 Å². The summed E-state index contributed by atoms with van der Waals surface area (Å²) in [5.41, 5.74) is 5.02. The van der Waals surface area contributed by atoms with Crippen LogP contribution in [0.2, 0.25) is 0 Å². The van der Waals surface area contributed by atoms with Gasteiger partial charge in [-0.2, -0.15) is 0 Å². The quantitative estimate of drug-likeness (QED) is 0.770. The zero-order valence-corrected chi connectivity index (χ0v) is 16.3. The second-order valence-electron chi connectivity index (χ2n) is 7.30. The Hall–Kier alpha value is -2.92. The highest BCUT2D eigenvalue weighted by Gasteiger charge is 2.41. The normalized spacial score (nSPS) is 17.6. The van der Waals surface area contributed by atoms with Crippen LogP contribution in [-0.2, 0) is 20.9 Å². The Morgan fingerprint density at radius 2 is 1.61 bits per heavy atom. The molecule has 0 aliphatic carbocycles. The fourth-order valence-electron chi connectivity index (χ4n) is 3.71. The van der Waals surface area contributed by atoms with Crippen LogP contribution in [0.4, 0.5) is 0 Å². The number of hydrogen-bond acceptors (Lipinski definition) is 4. The van der Waals surface area contributed by atoms with Crippen LogP contribution in [-0.4, -0.2) is 47.9 Å². The van der Waals surface area contributed by atoms with Crippen LogP contribution in [0.15, 0.2) is 54.2 Å². The third-order valence-corrected chi connectivity index (χ3v) is 5.45. The number of carbonyl (C=O) groups is 2. The van der Waals surface area contributed by atoms with Crippen LogP contribution in [0, 0.1) is 13.8 Å². The molecule has 4 rings (SSSR count). The van der Waals surface area contributed by atoms with E-state index in [1.165, 1.54) is 4.90 Å². The second kappa shape index (κ2) is 7.60. The van der Waals surface area contributed by atoms with Gasteiger partial charge < -0.3 is 9.64 Å². The highest BCUT2D eigenvalue weighted by molar-refractivity contribution is 6.35. The van der Waals surface area contributed by atoms with Crippen molar-refractivity contribution < 1.29 is 14.3 Å². The summed E-state index contributed by atoms with van der Waals surface area (Å²) >= 11 is 0. The van der Waals surface area contributed by atoms with Crippen molar-refractivity contribution in [3.8, 4) is 0 Å². The van der Waals surface area contributed by atoms with E-state index in [0.29, 0.717) is 37.6 Å². The Balaban J connectivity index is 1.76. The molecule has 0 atom stereocenters. The molecule has 2 aromatic carbocycles. The van der Waals surface area contributed by atoms with Crippen molar-refractivity contribution in [2.75, 3.05) is 26.3 Å². The maximum absolute atomic E-state index is 13.4. The predicted octanol–water partition coefficient (Wildman–Crippen LogP) is 2.92. The van der Waals surface area contributed by atoms with E-state index < -0.39 is 0 Å². The first-order valence-electron chi connectivity index (χ1n) is 9.61.